The van der Waals surface area contributed by atoms with Crippen LogP contribution in [0.2, 0.25) is 0 Å². The highest BCUT2D eigenvalue weighted by molar-refractivity contribution is 6.06. The molecule has 0 saturated carbocycles. The Hall–Kier alpha value is -2.29. The minimum atomic E-state index is -0.308. The highest BCUT2D eigenvalue weighted by atomic mass is 16.3. The van der Waals surface area contributed by atoms with E-state index < -0.39 is 0 Å². The molecule has 2 aromatic carbocycles. The summed E-state index contributed by atoms with van der Waals surface area (Å²) >= 11 is 0. The summed E-state index contributed by atoms with van der Waals surface area (Å²) in [6.45, 7) is 2.08. The predicted octanol–water partition coefficient (Wildman–Crippen LogP) is 3.21. The summed E-state index contributed by atoms with van der Waals surface area (Å²) in [6.07, 6.45) is 0.966. The second kappa shape index (κ2) is 5.36. The fraction of sp³-hybridized carbons (Fsp3) is 0.133. The number of aryl methyl sites for hydroxylation is 1. The number of phenolic OH excluding ortho intramolecular Hbond substituents is 1. The van der Waals surface area contributed by atoms with E-state index in [-0.39, 0.29) is 17.2 Å². The van der Waals surface area contributed by atoms with Crippen LogP contribution in [0.3, 0.4) is 0 Å². The maximum atomic E-state index is 11.9. The normalized spacial score (nSPS) is 10.1. The predicted molar refractivity (Wildman–Crippen MR) is 71.9 cm³/mol. The summed E-state index contributed by atoms with van der Waals surface area (Å²) in [5, 5.41) is 12.3. The number of amides is 1. The standard InChI is InChI=1S/C15H15NO2/c1-2-11-7-9-12(10-8-11)16-15(18)13-5-3-4-6-14(13)17/h3-10,17H,2H2,1H3,(H,16,18). The maximum Gasteiger partial charge on any atom is 0.259 e. The van der Waals surface area contributed by atoms with Gasteiger partial charge in [-0.25, -0.2) is 0 Å². The van der Waals surface area contributed by atoms with Crippen LogP contribution in [0.4, 0.5) is 5.69 Å². The second-order valence-corrected chi connectivity index (χ2v) is 4.02. The smallest absolute Gasteiger partial charge is 0.259 e. The summed E-state index contributed by atoms with van der Waals surface area (Å²) in [4.78, 5) is 11.9. The molecule has 0 aliphatic carbocycles. The molecule has 0 fully saturated rings. The third kappa shape index (κ3) is 2.69. The number of carbonyl (C=O) groups is 1. The molecule has 0 atom stereocenters. The molecule has 1 amide bonds. The Labute approximate surface area is 106 Å². The van der Waals surface area contributed by atoms with Crippen LogP contribution in [0.1, 0.15) is 22.8 Å². The van der Waals surface area contributed by atoms with Crippen LogP contribution in [-0.2, 0) is 6.42 Å². The van der Waals surface area contributed by atoms with Crippen molar-refractivity contribution in [2.45, 2.75) is 13.3 Å². The zero-order valence-electron chi connectivity index (χ0n) is 10.2. The molecule has 0 bridgehead atoms. The topological polar surface area (TPSA) is 49.3 Å². The molecule has 0 radical (unpaired) electrons. The highest BCUT2D eigenvalue weighted by Crippen LogP contribution is 2.18. The molecule has 0 spiro atoms. The molecular formula is C15H15NO2. The molecule has 3 nitrogen and oxygen atoms in total. The van der Waals surface area contributed by atoms with Gasteiger partial charge < -0.3 is 10.4 Å². The maximum absolute atomic E-state index is 11.9. The van der Waals surface area contributed by atoms with Crippen LogP contribution in [0, 0.1) is 0 Å². The Morgan fingerprint density at radius 1 is 1.11 bits per heavy atom. The molecule has 2 aromatic rings. The number of hydrogen-bond acceptors (Lipinski definition) is 2. The van der Waals surface area contributed by atoms with Crippen molar-refractivity contribution in [2.24, 2.45) is 0 Å². The van der Waals surface area contributed by atoms with Gasteiger partial charge in [-0.2, -0.15) is 0 Å². The summed E-state index contributed by atoms with van der Waals surface area (Å²) in [5.41, 5.74) is 2.22. The van der Waals surface area contributed by atoms with Crippen LogP contribution >= 0.6 is 0 Å². The fourth-order valence-corrected chi connectivity index (χ4v) is 1.69. The van der Waals surface area contributed by atoms with Crippen molar-refractivity contribution in [3.63, 3.8) is 0 Å². The lowest BCUT2D eigenvalue weighted by Crippen LogP contribution is -2.11. The molecule has 0 aliphatic heterocycles. The third-order valence-corrected chi connectivity index (χ3v) is 2.77. The number of para-hydroxylation sites is 1. The van der Waals surface area contributed by atoms with Gasteiger partial charge in [-0.1, -0.05) is 31.2 Å². The van der Waals surface area contributed by atoms with Gasteiger partial charge in [-0.3, -0.25) is 4.79 Å². The second-order valence-electron chi connectivity index (χ2n) is 4.02. The van der Waals surface area contributed by atoms with Gasteiger partial charge in [0, 0.05) is 5.69 Å². The van der Waals surface area contributed by atoms with Crippen molar-refractivity contribution in [3.05, 3.63) is 59.7 Å². The first-order valence-corrected chi connectivity index (χ1v) is 5.89. The number of nitrogens with one attached hydrogen (secondary N) is 1. The molecule has 0 aromatic heterocycles. The Balaban J connectivity index is 2.14. The molecule has 2 N–H and O–H groups in total. The molecule has 0 heterocycles. The van der Waals surface area contributed by atoms with Crippen LogP contribution in [0.5, 0.6) is 5.75 Å². The molecule has 2 rings (SSSR count). The Morgan fingerprint density at radius 3 is 2.39 bits per heavy atom. The first-order chi connectivity index (χ1) is 8.70. The van der Waals surface area contributed by atoms with Gasteiger partial charge in [0.1, 0.15) is 5.75 Å². The SMILES string of the molecule is CCc1ccc(NC(=O)c2ccccc2O)cc1. The number of carbonyl (C=O) groups excluding carboxylic acids is 1. The van der Waals surface area contributed by atoms with Crippen LogP contribution in [0.25, 0.3) is 0 Å². The zero-order valence-corrected chi connectivity index (χ0v) is 10.2. The molecule has 0 unspecified atom stereocenters. The number of anilines is 1. The molecule has 18 heavy (non-hydrogen) atoms. The van der Waals surface area contributed by atoms with Crippen molar-refractivity contribution < 1.29 is 9.90 Å². The zero-order chi connectivity index (χ0) is 13.0. The van der Waals surface area contributed by atoms with Crippen molar-refractivity contribution in [2.75, 3.05) is 5.32 Å². The minimum Gasteiger partial charge on any atom is -0.507 e. The Morgan fingerprint density at radius 2 is 1.78 bits per heavy atom. The summed E-state index contributed by atoms with van der Waals surface area (Å²) in [6, 6.07) is 14.1. The summed E-state index contributed by atoms with van der Waals surface area (Å²) < 4.78 is 0. The van der Waals surface area contributed by atoms with Crippen molar-refractivity contribution in [1.29, 1.82) is 0 Å². The van der Waals surface area contributed by atoms with E-state index in [0.717, 1.165) is 12.1 Å². The monoisotopic (exact) mass is 241 g/mol. The number of phenols is 1. The lowest BCUT2D eigenvalue weighted by Gasteiger charge is -2.07. The van der Waals surface area contributed by atoms with Gasteiger partial charge in [-0.05, 0) is 36.2 Å². The van der Waals surface area contributed by atoms with Gasteiger partial charge in [0.15, 0.2) is 0 Å². The van der Waals surface area contributed by atoms with Gasteiger partial charge in [0.2, 0.25) is 0 Å². The largest absolute Gasteiger partial charge is 0.507 e. The number of benzene rings is 2. The highest BCUT2D eigenvalue weighted by Gasteiger charge is 2.09. The lowest BCUT2D eigenvalue weighted by molar-refractivity contribution is 0.102. The third-order valence-electron chi connectivity index (χ3n) is 2.77. The molecule has 0 saturated heterocycles. The van der Waals surface area contributed by atoms with Gasteiger partial charge in [0.25, 0.3) is 5.91 Å². The number of rotatable bonds is 3. The average Bonchev–Trinajstić information content (AvgIpc) is 2.40. The van der Waals surface area contributed by atoms with Gasteiger partial charge in [-0.15, -0.1) is 0 Å². The first-order valence-electron chi connectivity index (χ1n) is 5.89. The minimum absolute atomic E-state index is 0.0137. The van der Waals surface area contributed by atoms with Crippen LogP contribution in [0.15, 0.2) is 48.5 Å². The Bertz CT molecular complexity index is 547. The van der Waals surface area contributed by atoms with E-state index in [1.54, 1.807) is 18.2 Å². The molecule has 3 heteroatoms. The van der Waals surface area contributed by atoms with Gasteiger partial charge in [0.05, 0.1) is 5.56 Å². The van der Waals surface area contributed by atoms with Crippen molar-refractivity contribution in [3.8, 4) is 5.75 Å². The fourth-order valence-electron chi connectivity index (χ4n) is 1.69. The van der Waals surface area contributed by atoms with E-state index in [2.05, 4.69) is 12.2 Å². The average molecular weight is 241 g/mol. The van der Waals surface area contributed by atoms with E-state index in [1.165, 1.54) is 11.6 Å². The van der Waals surface area contributed by atoms with E-state index in [4.69, 9.17) is 0 Å². The van der Waals surface area contributed by atoms with Gasteiger partial charge >= 0.3 is 0 Å². The van der Waals surface area contributed by atoms with E-state index >= 15 is 0 Å². The number of hydrogen-bond donors (Lipinski definition) is 2. The Kier molecular flexibility index (Phi) is 3.63. The molecular weight excluding hydrogens is 226 g/mol. The number of aromatic hydroxyl groups is 1. The lowest BCUT2D eigenvalue weighted by atomic mass is 10.1. The summed E-state index contributed by atoms with van der Waals surface area (Å²) in [5.74, 6) is -0.322. The first kappa shape index (κ1) is 12.2. The quantitative estimate of drug-likeness (QED) is 0.866. The van der Waals surface area contributed by atoms with E-state index in [9.17, 15) is 9.90 Å². The van der Waals surface area contributed by atoms with Crippen molar-refractivity contribution in [1.82, 2.24) is 0 Å². The van der Waals surface area contributed by atoms with Crippen molar-refractivity contribution >= 4 is 11.6 Å². The summed E-state index contributed by atoms with van der Waals surface area (Å²) in [7, 11) is 0. The molecule has 92 valence electrons. The molecule has 0 aliphatic rings. The van der Waals surface area contributed by atoms with Crippen LogP contribution in [-0.4, -0.2) is 11.0 Å². The van der Waals surface area contributed by atoms with Crippen LogP contribution < -0.4 is 5.32 Å². The van der Waals surface area contributed by atoms with E-state index in [1.807, 2.05) is 24.3 Å². The van der Waals surface area contributed by atoms with E-state index in [0.29, 0.717) is 0 Å².